The van der Waals surface area contributed by atoms with Gasteiger partial charge in [-0.1, -0.05) is 66.7 Å². The predicted octanol–water partition coefficient (Wildman–Crippen LogP) is 9.71. The van der Waals surface area contributed by atoms with E-state index in [1.165, 1.54) is 0 Å². The Balaban J connectivity index is 1.03. The largest absolute Gasteiger partial charge is 0.463 e. The van der Waals surface area contributed by atoms with Crippen molar-refractivity contribution in [1.82, 2.24) is 19.9 Å². The van der Waals surface area contributed by atoms with Crippen LogP contribution in [-0.4, -0.2) is 204 Å². The number of nitrogens with one attached hydrogen (secondary N) is 2. The van der Waals surface area contributed by atoms with E-state index < -0.39 is 184 Å². The van der Waals surface area contributed by atoms with Gasteiger partial charge in [-0.05, 0) is 107 Å². The number of carbonyl (C=O) groups is 12. The Morgan fingerprint density at radius 1 is 0.267 bits per heavy atom. The Bertz CT molecular complexity index is 5190. The molecule has 628 valence electrons. The van der Waals surface area contributed by atoms with Gasteiger partial charge in [-0.25, -0.2) is 9.97 Å². The zero-order chi connectivity index (χ0) is 85.9. The molecule has 15 atom stereocenters. The zero-order valence-electron chi connectivity index (χ0n) is 66.9. The monoisotopic (exact) mass is 1650 g/mol. The Hall–Kier alpha value is -13.6. The summed E-state index contributed by atoms with van der Waals surface area (Å²) < 4.78 is 105. The molecule has 34 nitrogen and oxygen atoms in total. The van der Waals surface area contributed by atoms with Gasteiger partial charge in [-0.3, -0.25) is 57.5 Å². The van der Waals surface area contributed by atoms with Gasteiger partial charge in [0, 0.05) is 127 Å². The normalized spacial score (nSPS) is 22.8. The Labute approximate surface area is 684 Å². The summed E-state index contributed by atoms with van der Waals surface area (Å²) in [6, 6.07) is 37.1. The fourth-order valence-electron chi connectivity index (χ4n) is 14.4. The lowest BCUT2D eigenvalue weighted by Gasteiger charge is -2.43. The van der Waals surface area contributed by atoms with E-state index in [4.69, 9.17) is 95.2 Å². The Morgan fingerprint density at radius 2 is 0.483 bits per heavy atom. The highest BCUT2D eigenvalue weighted by Gasteiger charge is 2.57. The lowest BCUT2D eigenvalue weighted by molar-refractivity contribution is -0.288. The van der Waals surface area contributed by atoms with Gasteiger partial charge in [0.25, 0.3) is 0 Å². The van der Waals surface area contributed by atoms with Gasteiger partial charge in [0.1, 0.15) is 55.4 Å². The van der Waals surface area contributed by atoms with Gasteiger partial charge in [0.15, 0.2) is 36.6 Å². The predicted molar refractivity (Wildman–Crippen MR) is 418 cm³/mol. The number of hydrogen-bond acceptors (Lipinski definition) is 32. The van der Waals surface area contributed by atoms with Crippen LogP contribution in [-0.2, 0) is 129 Å². The third-order valence-corrected chi connectivity index (χ3v) is 18.8. The van der Waals surface area contributed by atoms with Crippen molar-refractivity contribution in [2.45, 2.75) is 175 Å². The van der Waals surface area contributed by atoms with E-state index in [1.54, 1.807) is 72.8 Å². The molecule has 120 heavy (non-hydrogen) atoms. The molecule has 3 fully saturated rings. The molecule has 0 spiro atoms. The summed E-state index contributed by atoms with van der Waals surface area (Å²) in [6.07, 6.45) is -14.9. The van der Waals surface area contributed by atoms with Crippen LogP contribution in [0.5, 0.6) is 17.2 Å². The van der Waals surface area contributed by atoms with E-state index in [0.717, 1.165) is 88.6 Å². The zero-order valence-corrected chi connectivity index (χ0v) is 66.9. The van der Waals surface area contributed by atoms with Crippen molar-refractivity contribution >= 4 is 118 Å². The fraction of sp³-hybridized carbons (Fsp3) is 0.349. The molecule has 5 aliphatic heterocycles. The lowest BCUT2D eigenvalue weighted by atomic mass is 9.98. The van der Waals surface area contributed by atoms with Crippen LogP contribution in [0.4, 0.5) is 0 Å². The molecule has 0 radical (unpaired) electrons. The highest BCUT2D eigenvalue weighted by Crippen LogP contribution is 2.42. The molecular weight excluding hydrogens is 1570 g/mol. The molecule has 3 aromatic heterocycles. The molecule has 5 aliphatic rings. The van der Waals surface area contributed by atoms with E-state index in [2.05, 4.69) is 9.97 Å². The number of ether oxygens (including phenoxy) is 18. The van der Waals surface area contributed by atoms with E-state index in [0.29, 0.717) is 83.8 Å². The maximum Gasteiger partial charge on any atom is 0.303 e. The highest BCUT2D eigenvalue weighted by atomic mass is 16.8. The molecular formula is C86H84N4O30. The standard InChI is InChI=1S/C86H84N4O30/c1-41(91)103-38-68-75(106-44(4)94)78(109-47(7)97)81(112-50(10)100)84(118-68)115-57-24-18-54(19-25-57)72-62-32-30-60(87-62)71(53-16-14-13-15-17-53)61-31-33-63(88-61)73(55-20-26-58(27-21-55)116-85-82(113-51(11)101)79(110-48(8)98)76(107-45(5)95)69(119-85)39-104-42(2)92)65-35-37-67(90-65)74(66-36-34-64(72)89-66)56-22-28-59(29-23-56)117-86-83(114-52(12)102)80(111-49(9)99)77(108-46(6)96)70(120-86)40-105-43(3)93/h13-37,68-70,75-87,90H,38-40H2,1-12H3/t68-,69-,70-,75-,76-,77-,78+,79+,80+,81-,82-,83-,84-,85-,86-/m1/s1. The van der Waals surface area contributed by atoms with Crippen molar-refractivity contribution in [2.75, 3.05) is 19.8 Å². The fourth-order valence-corrected chi connectivity index (χ4v) is 14.4. The van der Waals surface area contributed by atoms with Crippen LogP contribution in [0, 0.1) is 0 Å². The second-order valence-corrected chi connectivity index (χ2v) is 28.0. The first-order valence-corrected chi connectivity index (χ1v) is 37.8. The minimum Gasteiger partial charge on any atom is -0.463 e. The number of H-pyrrole nitrogens is 2. The summed E-state index contributed by atoms with van der Waals surface area (Å²) in [5.41, 5.74) is 8.75. The van der Waals surface area contributed by atoms with E-state index in [1.807, 2.05) is 78.9 Å². The number of nitrogens with zero attached hydrogens (tertiary/aromatic N) is 2. The van der Waals surface area contributed by atoms with E-state index >= 15 is 0 Å². The molecule has 12 rings (SSSR count). The molecule has 0 unspecified atom stereocenters. The number of fused-ring (bicyclic) bond motifs is 8. The molecule has 7 aromatic rings. The van der Waals surface area contributed by atoms with Crippen molar-refractivity contribution in [1.29, 1.82) is 0 Å². The first kappa shape index (κ1) is 85.8. The number of hydrogen-bond donors (Lipinski definition) is 2. The SMILES string of the molecule is CC(=O)OC[C@H]1O[C@@H](Oc2ccc(-c3c4nc(c(-c5ccc(O[C@@H]6O[C@H](COC(C)=O)[C@@H](OC(C)=O)[C@H](OC(C)=O)[C@H]6OC(C)=O)cc5)c5ccc([nH]5)c(-c5ccc(O[C@@H]6O[C@H](COC(C)=O)[C@@H](OC(C)=O)[C@H](OC(C)=O)[C@H]6OC(C)=O)cc5)c5nc(c(-c6ccccc6)c6ccc3[nH]6)C=C5)C=C4)cc2)[C@H](OC(C)=O)[C@@H](OC(C)=O)[C@@H]1OC(C)=O. The number of aromatic amines is 2. The molecule has 0 aliphatic carbocycles. The van der Waals surface area contributed by atoms with Gasteiger partial charge in [-0.2, -0.15) is 0 Å². The number of aromatic nitrogens is 4. The van der Waals surface area contributed by atoms with Crippen molar-refractivity contribution in [3.63, 3.8) is 0 Å². The number of esters is 12. The summed E-state index contributed by atoms with van der Waals surface area (Å²) >= 11 is 0. The van der Waals surface area contributed by atoms with Gasteiger partial charge >= 0.3 is 71.6 Å². The minimum atomic E-state index is -1.60. The number of rotatable bonds is 25. The smallest absolute Gasteiger partial charge is 0.303 e. The molecule has 0 saturated carbocycles. The van der Waals surface area contributed by atoms with Crippen LogP contribution in [0.3, 0.4) is 0 Å². The van der Waals surface area contributed by atoms with Gasteiger partial charge < -0.3 is 95.2 Å². The van der Waals surface area contributed by atoms with Crippen molar-refractivity contribution < 1.29 is 143 Å². The van der Waals surface area contributed by atoms with Gasteiger partial charge in [0.05, 0.1) is 22.8 Å². The summed E-state index contributed by atoms with van der Waals surface area (Å²) in [6.45, 7) is 11.9. The van der Waals surface area contributed by atoms with Crippen LogP contribution in [0.2, 0.25) is 0 Å². The number of carbonyl (C=O) groups excluding carboxylic acids is 12. The average Bonchev–Trinajstić information content (AvgIpc) is 1.65. The molecule has 0 amide bonds. The summed E-state index contributed by atoms with van der Waals surface area (Å²) in [5.74, 6) is -9.25. The molecule has 3 saturated heterocycles. The van der Waals surface area contributed by atoms with Crippen molar-refractivity contribution in [2.24, 2.45) is 0 Å². The Kier molecular flexibility index (Phi) is 27.0. The third kappa shape index (κ3) is 20.8. The van der Waals surface area contributed by atoms with Crippen LogP contribution in [0.15, 0.2) is 127 Å². The topological polar surface area (TPSA) is 428 Å². The molecule has 8 bridgehead atoms. The molecule has 4 aromatic carbocycles. The molecule has 8 heterocycles. The first-order valence-electron chi connectivity index (χ1n) is 37.8. The Morgan fingerprint density at radius 3 is 0.708 bits per heavy atom. The third-order valence-electron chi connectivity index (χ3n) is 18.8. The average molecular weight is 1650 g/mol. The van der Waals surface area contributed by atoms with Gasteiger partial charge in [-0.15, -0.1) is 0 Å². The minimum absolute atomic E-state index is 0.110. The maximum absolute atomic E-state index is 12.9. The van der Waals surface area contributed by atoms with E-state index in [-0.39, 0.29) is 17.2 Å². The second kappa shape index (κ2) is 37.8. The lowest BCUT2D eigenvalue weighted by Crippen LogP contribution is -2.63. The number of benzene rings is 4. The van der Waals surface area contributed by atoms with Crippen LogP contribution >= 0.6 is 0 Å². The van der Waals surface area contributed by atoms with Crippen molar-refractivity contribution in [3.05, 3.63) is 150 Å². The van der Waals surface area contributed by atoms with Crippen LogP contribution in [0.25, 0.3) is 90.9 Å². The second-order valence-electron chi connectivity index (χ2n) is 28.0. The summed E-state index contributed by atoms with van der Waals surface area (Å²) in [5, 5.41) is 0. The van der Waals surface area contributed by atoms with Crippen LogP contribution in [0.1, 0.15) is 106 Å². The van der Waals surface area contributed by atoms with Crippen molar-refractivity contribution in [3.8, 4) is 61.8 Å². The molecule has 2 N–H and O–H groups in total. The van der Waals surface area contributed by atoms with Crippen LogP contribution < -0.4 is 14.2 Å². The summed E-state index contributed by atoms with van der Waals surface area (Å²) in [4.78, 5) is 169. The highest BCUT2D eigenvalue weighted by molar-refractivity contribution is 6.00. The maximum atomic E-state index is 12.9. The first-order chi connectivity index (χ1) is 57.3. The molecule has 34 heteroatoms. The van der Waals surface area contributed by atoms with E-state index in [9.17, 15) is 57.5 Å². The quantitative estimate of drug-likeness (QED) is 0.0397. The summed E-state index contributed by atoms with van der Waals surface area (Å²) in [7, 11) is 0. The van der Waals surface area contributed by atoms with Gasteiger partial charge in [0.2, 0.25) is 37.2 Å².